The van der Waals surface area contributed by atoms with Gasteiger partial charge in [-0.15, -0.1) is 0 Å². The molecule has 1 aromatic heterocycles. The normalized spacial score (nSPS) is 9.62. The third-order valence-corrected chi connectivity index (χ3v) is 1.76. The van der Waals surface area contributed by atoms with Crippen molar-refractivity contribution in [1.29, 1.82) is 0 Å². The first-order chi connectivity index (χ1) is 6.16. The topological polar surface area (TPSA) is 73.0 Å². The van der Waals surface area contributed by atoms with E-state index in [9.17, 15) is 9.59 Å². The van der Waals surface area contributed by atoms with E-state index in [-0.39, 0.29) is 12.2 Å². The van der Waals surface area contributed by atoms with E-state index in [1.165, 1.54) is 12.3 Å². The molecular formula is C9H10N2O2. The molecule has 0 radical (unpaired) electrons. The number of rotatable bonds is 3. The summed E-state index contributed by atoms with van der Waals surface area (Å²) in [4.78, 5) is 25.3. The number of ketones is 1. The van der Waals surface area contributed by atoms with Crippen LogP contribution in [0.2, 0.25) is 0 Å². The van der Waals surface area contributed by atoms with Crippen molar-refractivity contribution in [2.24, 2.45) is 0 Å². The van der Waals surface area contributed by atoms with Crippen LogP contribution in [-0.2, 0) is 4.79 Å². The van der Waals surface area contributed by atoms with E-state index in [2.05, 4.69) is 4.98 Å². The number of anilines is 1. The molecule has 1 rings (SSSR count). The van der Waals surface area contributed by atoms with E-state index in [0.717, 1.165) is 0 Å². The number of nitrogens with two attached hydrogens (primary N) is 1. The maximum Gasteiger partial charge on any atom is 0.172 e. The lowest BCUT2D eigenvalue weighted by molar-refractivity contribution is -0.107. The molecule has 0 aromatic carbocycles. The number of aryl methyl sites for hydroxylation is 1. The number of aldehydes is 1. The molecule has 0 aliphatic rings. The largest absolute Gasteiger partial charge is 0.397 e. The Balaban J connectivity index is 3.07. The first kappa shape index (κ1) is 9.38. The fourth-order valence-corrected chi connectivity index (χ4v) is 1.01. The number of aromatic nitrogens is 1. The molecule has 4 heteroatoms. The van der Waals surface area contributed by atoms with Crippen LogP contribution in [0.1, 0.15) is 22.5 Å². The van der Waals surface area contributed by atoms with Gasteiger partial charge in [0.1, 0.15) is 6.29 Å². The number of hydrogen-bond donors (Lipinski definition) is 1. The molecule has 1 heterocycles. The van der Waals surface area contributed by atoms with Gasteiger partial charge in [0.25, 0.3) is 0 Å². The maximum absolute atomic E-state index is 11.3. The summed E-state index contributed by atoms with van der Waals surface area (Å²) >= 11 is 0. The Morgan fingerprint density at radius 2 is 2.38 bits per heavy atom. The minimum Gasteiger partial charge on any atom is -0.397 e. The zero-order chi connectivity index (χ0) is 9.84. The molecule has 0 fully saturated rings. The molecule has 0 saturated carbocycles. The van der Waals surface area contributed by atoms with E-state index in [4.69, 9.17) is 5.73 Å². The number of pyridine rings is 1. The molecule has 1 aromatic rings. The minimum atomic E-state index is -0.266. The lowest BCUT2D eigenvalue weighted by Crippen LogP contribution is -2.06. The Labute approximate surface area is 75.8 Å². The van der Waals surface area contributed by atoms with Crippen molar-refractivity contribution in [3.63, 3.8) is 0 Å². The molecule has 0 bridgehead atoms. The number of carbonyl (C=O) groups is 2. The quantitative estimate of drug-likeness (QED) is 0.421. The highest BCUT2D eigenvalue weighted by Gasteiger charge is 2.10. The second kappa shape index (κ2) is 3.80. The zero-order valence-corrected chi connectivity index (χ0v) is 7.28. The predicted molar refractivity (Wildman–Crippen MR) is 48.4 cm³/mol. The molecule has 0 unspecified atom stereocenters. The maximum atomic E-state index is 11.3. The molecule has 68 valence electrons. The van der Waals surface area contributed by atoms with Crippen molar-refractivity contribution in [3.05, 3.63) is 23.5 Å². The van der Waals surface area contributed by atoms with Crippen molar-refractivity contribution < 1.29 is 9.59 Å². The SMILES string of the molecule is Cc1nccc(C(=O)CC=O)c1N. The summed E-state index contributed by atoms with van der Waals surface area (Å²) in [6, 6.07) is 1.52. The summed E-state index contributed by atoms with van der Waals surface area (Å²) in [6.45, 7) is 1.72. The van der Waals surface area contributed by atoms with Crippen molar-refractivity contribution in [2.45, 2.75) is 13.3 Å². The molecule has 0 aliphatic carbocycles. The summed E-state index contributed by atoms with van der Waals surface area (Å²) < 4.78 is 0. The molecule has 13 heavy (non-hydrogen) atoms. The summed E-state index contributed by atoms with van der Waals surface area (Å²) in [5, 5.41) is 0. The van der Waals surface area contributed by atoms with Crippen LogP contribution in [0.5, 0.6) is 0 Å². The van der Waals surface area contributed by atoms with Gasteiger partial charge in [0.05, 0.1) is 17.8 Å². The number of hydrogen-bond acceptors (Lipinski definition) is 4. The first-order valence-electron chi connectivity index (χ1n) is 3.84. The second-order valence-electron chi connectivity index (χ2n) is 2.65. The molecule has 0 atom stereocenters. The van der Waals surface area contributed by atoms with Crippen LogP contribution in [0.15, 0.2) is 12.3 Å². The highest BCUT2D eigenvalue weighted by molar-refractivity contribution is 6.06. The van der Waals surface area contributed by atoms with Gasteiger partial charge in [0, 0.05) is 11.8 Å². The van der Waals surface area contributed by atoms with Gasteiger partial charge >= 0.3 is 0 Å². The minimum absolute atomic E-state index is 0.131. The molecule has 0 aliphatic heterocycles. The van der Waals surface area contributed by atoms with E-state index < -0.39 is 0 Å². The molecule has 0 amide bonds. The molecule has 4 nitrogen and oxygen atoms in total. The zero-order valence-electron chi connectivity index (χ0n) is 7.28. The number of carbonyl (C=O) groups excluding carboxylic acids is 2. The van der Waals surface area contributed by atoms with E-state index in [0.29, 0.717) is 23.2 Å². The fourth-order valence-electron chi connectivity index (χ4n) is 1.01. The van der Waals surface area contributed by atoms with Gasteiger partial charge in [-0.1, -0.05) is 0 Å². The third-order valence-electron chi connectivity index (χ3n) is 1.76. The van der Waals surface area contributed by atoms with Crippen LogP contribution in [0.3, 0.4) is 0 Å². The van der Waals surface area contributed by atoms with Crippen LogP contribution in [-0.4, -0.2) is 17.1 Å². The number of nitrogen functional groups attached to an aromatic ring is 1. The molecule has 2 N–H and O–H groups in total. The highest BCUT2D eigenvalue weighted by Crippen LogP contribution is 2.15. The van der Waals surface area contributed by atoms with Crippen LogP contribution >= 0.6 is 0 Å². The van der Waals surface area contributed by atoms with Gasteiger partial charge < -0.3 is 10.5 Å². The Hall–Kier alpha value is -1.71. The van der Waals surface area contributed by atoms with Crippen molar-refractivity contribution in [1.82, 2.24) is 4.98 Å². The summed E-state index contributed by atoms with van der Waals surface area (Å²) in [6.07, 6.45) is 1.94. The summed E-state index contributed by atoms with van der Waals surface area (Å²) in [7, 11) is 0. The van der Waals surface area contributed by atoms with Crippen LogP contribution in [0.4, 0.5) is 5.69 Å². The van der Waals surface area contributed by atoms with Crippen molar-refractivity contribution in [2.75, 3.05) is 5.73 Å². The smallest absolute Gasteiger partial charge is 0.172 e. The van der Waals surface area contributed by atoms with Crippen LogP contribution < -0.4 is 5.73 Å². The Morgan fingerprint density at radius 1 is 1.69 bits per heavy atom. The third kappa shape index (κ3) is 1.90. The van der Waals surface area contributed by atoms with Crippen molar-refractivity contribution >= 4 is 17.8 Å². The van der Waals surface area contributed by atoms with E-state index >= 15 is 0 Å². The van der Waals surface area contributed by atoms with Gasteiger partial charge in [-0.25, -0.2) is 0 Å². The summed E-state index contributed by atoms with van der Waals surface area (Å²) in [5.41, 5.74) is 6.95. The molecule has 0 saturated heterocycles. The number of Topliss-reactive ketones (excluding diaryl/α,β-unsaturated/α-hetero) is 1. The predicted octanol–water partition coefficient (Wildman–Crippen LogP) is 0.744. The standard InChI is InChI=1S/C9H10N2O2/c1-6-9(10)7(2-4-11-6)8(13)3-5-12/h2,4-5H,3,10H2,1H3. The number of nitrogens with zero attached hydrogens (tertiary/aromatic N) is 1. The van der Waals surface area contributed by atoms with Gasteiger partial charge in [0.15, 0.2) is 5.78 Å². The Morgan fingerprint density at radius 3 is 3.00 bits per heavy atom. The van der Waals surface area contributed by atoms with Gasteiger partial charge in [-0.05, 0) is 13.0 Å². The van der Waals surface area contributed by atoms with Crippen LogP contribution in [0, 0.1) is 6.92 Å². The van der Waals surface area contributed by atoms with Crippen molar-refractivity contribution in [3.8, 4) is 0 Å². The Kier molecular flexibility index (Phi) is 2.74. The second-order valence-corrected chi connectivity index (χ2v) is 2.65. The average Bonchev–Trinajstić information content (AvgIpc) is 2.10. The summed E-state index contributed by atoms with van der Waals surface area (Å²) in [5.74, 6) is -0.266. The van der Waals surface area contributed by atoms with Gasteiger partial charge in [-0.3, -0.25) is 9.78 Å². The van der Waals surface area contributed by atoms with Gasteiger partial charge in [0.2, 0.25) is 0 Å². The fraction of sp³-hybridized carbons (Fsp3) is 0.222. The van der Waals surface area contributed by atoms with Gasteiger partial charge in [-0.2, -0.15) is 0 Å². The van der Waals surface area contributed by atoms with E-state index in [1.807, 2.05) is 0 Å². The monoisotopic (exact) mass is 178 g/mol. The highest BCUT2D eigenvalue weighted by atomic mass is 16.1. The molecular weight excluding hydrogens is 168 g/mol. The first-order valence-corrected chi connectivity index (χ1v) is 3.84. The molecule has 0 spiro atoms. The van der Waals surface area contributed by atoms with Crippen LogP contribution in [0.25, 0.3) is 0 Å². The van der Waals surface area contributed by atoms with E-state index in [1.54, 1.807) is 6.92 Å². The lowest BCUT2D eigenvalue weighted by atomic mass is 10.1. The average molecular weight is 178 g/mol. The Bertz CT molecular complexity index is 347. The lowest BCUT2D eigenvalue weighted by Gasteiger charge is -2.03.